The van der Waals surface area contributed by atoms with Crippen LogP contribution in [0.15, 0.2) is 12.3 Å². The van der Waals surface area contributed by atoms with Crippen molar-refractivity contribution in [2.45, 2.75) is 12.8 Å². The van der Waals surface area contributed by atoms with Crippen molar-refractivity contribution in [2.24, 2.45) is 0 Å². The van der Waals surface area contributed by atoms with E-state index in [0.29, 0.717) is 13.1 Å². The van der Waals surface area contributed by atoms with E-state index in [-0.39, 0.29) is 5.91 Å². The number of likely N-dealkylation sites (tertiary alicyclic amines) is 1. The van der Waals surface area contributed by atoms with Gasteiger partial charge in [0.15, 0.2) is 0 Å². The van der Waals surface area contributed by atoms with Crippen molar-refractivity contribution in [2.75, 3.05) is 39.3 Å². The Morgan fingerprint density at radius 3 is 2.73 bits per heavy atom. The number of hydrogen-bond donors (Lipinski definition) is 1. The molecule has 0 aliphatic carbocycles. The van der Waals surface area contributed by atoms with Crippen molar-refractivity contribution < 1.29 is 4.79 Å². The summed E-state index contributed by atoms with van der Waals surface area (Å²) in [4.78, 5) is 15.7. The minimum absolute atomic E-state index is 0.196. The zero-order valence-corrected chi connectivity index (χ0v) is 9.17. The number of piperazine rings is 1. The van der Waals surface area contributed by atoms with Gasteiger partial charge in [0.25, 0.3) is 0 Å². The first-order chi connectivity index (χ1) is 7.27. The van der Waals surface area contributed by atoms with Crippen molar-refractivity contribution in [1.82, 2.24) is 15.1 Å². The van der Waals surface area contributed by atoms with Crippen molar-refractivity contribution in [1.29, 1.82) is 0 Å². The van der Waals surface area contributed by atoms with Crippen LogP contribution in [0.4, 0.5) is 0 Å². The van der Waals surface area contributed by atoms with Gasteiger partial charge in [0, 0.05) is 31.9 Å². The van der Waals surface area contributed by atoms with Crippen LogP contribution < -0.4 is 5.32 Å². The largest absolute Gasteiger partial charge is 0.374 e. The third kappa shape index (κ3) is 2.50. The van der Waals surface area contributed by atoms with E-state index in [0.717, 1.165) is 31.9 Å². The molecule has 0 radical (unpaired) electrons. The molecule has 2 aliphatic rings. The van der Waals surface area contributed by atoms with Crippen LogP contribution in [0.2, 0.25) is 0 Å². The molecular weight excluding hydrogens is 190 g/mol. The minimum atomic E-state index is 0.196. The predicted molar refractivity (Wildman–Crippen MR) is 59.4 cm³/mol. The van der Waals surface area contributed by atoms with E-state index in [9.17, 15) is 4.79 Å². The van der Waals surface area contributed by atoms with Crippen LogP contribution in [0.1, 0.15) is 12.8 Å². The maximum absolute atomic E-state index is 11.5. The van der Waals surface area contributed by atoms with E-state index < -0.39 is 0 Å². The maximum Gasteiger partial charge on any atom is 0.236 e. The Morgan fingerprint density at radius 2 is 2.07 bits per heavy atom. The van der Waals surface area contributed by atoms with Gasteiger partial charge in [0.05, 0.1) is 13.1 Å². The third-order valence-electron chi connectivity index (χ3n) is 3.11. The molecule has 4 nitrogen and oxygen atoms in total. The van der Waals surface area contributed by atoms with E-state index in [4.69, 9.17) is 0 Å². The van der Waals surface area contributed by atoms with Crippen LogP contribution >= 0.6 is 0 Å². The fourth-order valence-corrected chi connectivity index (χ4v) is 2.17. The van der Waals surface area contributed by atoms with Gasteiger partial charge >= 0.3 is 0 Å². The topological polar surface area (TPSA) is 35.6 Å². The van der Waals surface area contributed by atoms with Crippen molar-refractivity contribution in [3.63, 3.8) is 0 Å². The Balaban J connectivity index is 1.84. The highest BCUT2D eigenvalue weighted by Crippen LogP contribution is 2.14. The molecule has 1 N–H and O–H groups in total. The first kappa shape index (κ1) is 10.5. The number of carbonyl (C=O) groups is 1. The molecule has 2 saturated heterocycles. The predicted octanol–water partition coefficient (Wildman–Crippen LogP) is 0.0277. The number of amides is 1. The van der Waals surface area contributed by atoms with Gasteiger partial charge in [-0.05, 0) is 12.8 Å². The van der Waals surface area contributed by atoms with Crippen molar-refractivity contribution in [3.05, 3.63) is 12.3 Å². The molecule has 4 heteroatoms. The normalized spacial score (nSPS) is 22.3. The van der Waals surface area contributed by atoms with E-state index in [1.54, 1.807) is 0 Å². The van der Waals surface area contributed by atoms with E-state index in [1.807, 2.05) is 4.90 Å². The molecule has 15 heavy (non-hydrogen) atoms. The number of hydrogen-bond acceptors (Lipinski definition) is 3. The minimum Gasteiger partial charge on any atom is -0.374 e. The second-order valence-corrected chi connectivity index (χ2v) is 4.25. The van der Waals surface area contributed by atoms with E-state index in [1.165, 1.54) is 12.8 Å². The molecule has 2 heterocycles. The van der Waals surface area contributed by atoms with Crippen LogP contribution in [0, 0.1) is 0 Å². The van der Waals surface area contributed by atoms with Crippen LogP contribution in [0.25, 0.3) is 0 Å². The van der Waals surface area contributed by atoms with Crippen LogP contribution in [-0.2, 0) is 4.79 Å². The molecule has 0 atom stereocenters. The van der Waals surface area contributed by atoms with Gasteiger partial charge in [0.1, 0.15) is 0 Å². The summed E-state index contributed by atoms with van der Waals surface area (Å²) in [5, 5.41) is 3.07. The fourth-order valence-electron chi connectivity index (χ4n) is 2.17. The highest BCUT2D eigenvalue weighted by Gasteiger charge is 2.21. The first-order valence-electron chi connectivity index (χ1n) is 5.68. The number of nitrogens with zero attached hydrogens (tertiary/aromatic N) is 2. The molecule has 2 fully saturated rings. The summed E-state index contributed by atoms with van der Waals surface area (Å²) in [5.41, 5.74) is 1.10. The number of carbonyl (C=O) groups excluding carboxylic acids is 1. The highest BCUT2D eigenvalue weighted by molar-refractivity contribution is 5.79. The maximum atomic E-state index is 11.5. The third-order valence-corrected chi connectivity index (χ3v) is 3.11. The number of rotatable bonds is 3. The molecule has 84 valence electrons. The quantitative estimate of drug-likeness (QED) is 0.712. The molecule has 2 aliphatic heterocycles. The molecule has 0 aromatic rings. The van der Waals surface area contributed by atoms with Crippen LogP contribution in [-0.4, -0.2) is 55.0 Å². The van der Waals surface area contributed by atoms with E-state index >= 15 is 0 Å². The Kier molecular flexibility index (Phi) is 3.26. The lowest BCUT2D eigenvalue weighted by Gasteiger charge is -2.31. The zero-order valence-electron chi connectivity index (χ0n) is 9.17. The van der Waals surface area contributed by atoms with Gasteiger partial charge in [-0.15, -0.1) is 0 Å². The smallest absolute Gasteiger partial charge is 0.236 e. The van der Waals surface area contributed by atoms with Crippen molar-refractivity contribution in [3.8, 4) is 0 Å². The second-order valence-electron chi connectivity index (χ2n) is 4.25. The summed E-state index contributed by atoms with van der Waals surface area (Å²) in [6, 6.07) is 0. The molecule has 0 saturated carbocycles. The SMILES string of the molecule is C=C(CN1CCNCC1=O)N1CCCC1. The summed E-state index contributed by atoms with van der Waals surface area (Å²) in [7, 11) is 0. The zero-order chi connectivity index (χ0) is 10.7. The Labute approximate surface area is 90.9 Å². The lowest BCUT2D eigenvalue weighted by Crippen LogP contribution is -2.49. The average Bonchev–Trinajstić information content (AvgIpc) is 2.74. The van der Waals surface area contributed by atoms with E-state index in [2.05, 4.69) is 16.8 Å². The lowest BCUT2D eigenvalue weighted by molar-refractivity contribution is -0.131. The summed E-state index contributed by atoms with van der Waals surface area (Å²) >= 11 is 0. The summed E-state index contributed by atoms with van der Waals surface area (Å²) in [6.07, 6.45) is 2.52. The Hall–Kier alpha value is -1.03. The molecule has 2 rings (SSSR count). The van der Waals surface area contributed by atoms with Gasteiger partial charge in [-0.2, -0.15) is 0 Å². The molecule has 0 spiro atoms. The van der Waals surface area contributed by atoms with Crippen molar-refractivity contribution >= 4 is 5.91 Å². The molecular formula is C11H19N3O. The fraction of sp³-hybridized carbons (Fsp3) is 0.727. The second kappa shape index (κ2) is 4.66. The summed E-state index contributed by atoms with van der Waals surface area (Å²) in [6.45, 7) is 9.20. The Morgan fingerprint density at radius 1 is 1.33 bits per heavy atom. The first-order valence-corrected chi connectivity index (χ1v) is 5.68. The Bertz CT molecular complexity index is 259. The molecule has 1 amide bonds. The van der Waals surface area contributed by atoms with Gasteiger partial charge in [-0.1, -0.05) is 6.58 Å². The van der Waals surface area contributed by atoms with Gasteiger partial charge < -0.3 is 15.1 Å². The number of nitrogens with one attached hydrogen (secondary N) is 1. The molecule has 0 bridgehead atoms. The van der Waals surface area contributed by atoms with Gasteiger partial charge in [0.2, 0.25) is 5.91 Å². The molecule has 0 unspecified atom stereocenters. The monoisotopic (exact) mass is 209 g/mol. The van der Waals surface area contributed by atoms with Gasteiger partial charge in [-0.3, -0.25) is 4.79 Å². The standard InChI is InChI=1S/C11H19N3O/c1-10(13-5-2-3-6-13)9-14-7-4-12-8-11(14)15/h12H,1-9H2. The molecule has 0 aromatic heterocycles. The highest BCUT2D eigenvalue weighted by atomic mass is 16.2. The van der Waals surface area contributed by atoms with Gasteiger partial charge in [-0.25, -0.2) is 0 Å². The lowest BCUT2D eigenvalue weighted by atomic mass is 10.3. The molecule has 0 aromatic carbocycles. The van der Waals surface area contributed by atoms with Crippen LogP contribution in [0.3, 0.4) is 0 Å². The average molecular weight is 209 g/mol. The summed E-state index contributed by atoms with van der Waals surface area (Å²) in [5.74, 6) is 0.196. The summed E-state index contributed by atoms with van der Waals surface area (Å²) < 4.78 is 0. The van der Waals surface area contributed by atoms with Crippen LogP contribution in [0.5, 0.6) is 0 Å².